The Morgan fingerprint density at radius 2 is 1.84 bits per heavy atom. The van der Waals surface area contributed by atoms with E-state index < -0.39 is 0 Å². The number of phenols is 2. The van der Waals surface area contributed by atoms with Gasteiger partial charge < -0.3 is 15.1 Å². The zero-order valence-corrected chi connectivity index (χ0v) is 11.6. The molecule has 1 saturated heterocycles. The van der Waals surface area contributed by atoms with Gasteiger partial charge in [-0.3, -0.25) is 4.79 Å². The fourth-order valence-corrected chi connectivity index (χ4v) is 2.72. The minimum Gasteiger partial charge on any atom is -0.507 e. The van der Waals surface area contributed by atoms with Crippen molar-refractivity contribution in [1.29, 1.82) is 0 Å². The van der Waals surface area contributed by atoms with Crippen LogP contribution in [0.4, 0.5) is 0 Å². The minimum absolute atomic E-state index is 0.0140. The number of benzene rings is 1. The van der Waals surface area contributed by atoms with Crippen LogP contribution in [0.15, 0.2) is 18.2 Å². The molecule has 1 amide bonds. The van der Waals surface area contributed by atoms with Gasteiger partial charge >= 0.3 is 0 Å². The third-order valence-electron chi connectivity index (χ3n) is 3.71. The topological polar surface area (TPSA) is 60.8 Å². The lowest BCUT2D eigenvalue weighted by molar-refractivity contribution is 0.0684. The molecule has 104 valence electrons. The molecule has 1 heterocycles. The normalized spacial score (nSPS) is 18.3. The van der Waals surface area contributed by atoms with Crippen LogP contribution in [-0.4, -0.2) is 39.5 Å². The highest BCUT2D eigenvalue weighted by molar-refractivity contribution is 6.20. The maximum Gasteiger partial charge on any atom is 0.261 e. The van der Waals surface area contributed by atoms with Gasteiger partial charge in [-0.05, 0) is 37.8 Å². The van der Waals surface area contributed by atoms with Gasteiger partial charge in [-0.25, -0.2) is 0 Å². The molecule has 0 bridgehead atoms. The number of rotatable bonds is 2. The van der Waals surface area contributed by atoms with Crippen molar-refractivity contribution in [1.82, 2.24) is 4.90 Å². The second kappa shape index (κ2) is 5.70. The molecule has 2 N–H and O–H groups in total. The number of hydrogen-bond acceptors (Lipinski definition) is 3. The highest BCUT2D eigenvalue weighted by Gasteiger charge is 2.28. The summed E-state index contributed by atoms with van der Waals surface area (Å²) in [7, 11) is 0. The van der Waals surface area contributed by atoms with E-state index in [-0.39, 0.29) is 28.3 Å². The molecule has 0 aromatic heterocycles. The quantitative estimate of drug-likeness (QED) is 0.820. The molecule has 0 aliphatic carbocycles. The van der Waals surface area contributed by atoms with E-state index in [0.717, 1.165) is 12.8 Å². The van der Waals surface area contributed by atoms with Crippen molar-refractivity contribution >= 4 is 17.5 Å². The predicted molar refractivity (Wildman–Crippen MR) is 73.7 cm³/mol. The minimum atomic E-state index is -0.323. The van der Waals surface area contributed by atoms with Crippen molar-refractivity contribution in [2.75, 3.05) is 13.1 Å². The maximum atomic E-state index is 12.3. The van der Waals surface area contributed by atoms with E-state index in [1.54, 1.807) is 4.90 Å². The molecule has 2 rings (SSSR count). The molecule has 1 aliphatic rings. The first-order valence-electron chi connectivity index (χ1n) is 6.45. The number of piperidine rings is 1. The van der Waals surface area contributed by atoms with E-state index >= 15 is 0 Å². The Kier molecular flexibility index (Phi) is 4.20. The number of aromatic hydroxyl groups is 2. The van der Waals surface area contributed by atoms with Gasteiger partial charge in [0.1, 0.15) is 17.1 Å². The first-order chi connectivity index (χ1) is 9.00. The zero-order valence-electron chi connectivity index (χ0n) is 10.8. The molecule has 0 spiro atoms. The van der Waals surface area contributed by atoms with Crippen LogP contribution in [0, 0.1) is 5.92 Å². The highest BCUT2D eigenvalue weighted by Crippen LogP contribution is 2.30. The molecule has 1 aromatic rings. The third kappa shape index (κ3) is 2.95. The lowest BCUT2D eigenvalue weighted by Gasteiger charge is -2.33. The molecule has 1 unspecified atom stereocenters. The Morgan fingerprint density at radius 1 is 1.32 bits per heavy atom. The molecule has 5 heteroatoms. The van der Waals surface area contributed by atoms with Gasteiger partial charge in [0, 0.05) is 18.5 Å². The SMILES string of the molecule is CC(Cl)C1CCN(C(=O)c2c(O)cccc2O)CC1. The summed E-state index contributed by atoms with van der Waals surface area (Å²) in [5.41, 5.74) is -0.0140. The average molecular weight is 284 g/mol. The number of hydrogen-bond donors (Lipinski definition) is 2. The Bertz CT molecular complexity index is 448. The van der Waals surface area contributed by atoms with Crippen LogP contribution in [0.25, 0.3) is 0 Å². The van der Waals surface area contributed by atoms with Crippen LogP contribution >= 0.6 is 11.6 Å². The van der Waals surface area contributed by atoms with Crippen molar-refractivity contribution in [3.05, 3.63) is 23.8 Å². The number of carbonyl (C=O) groups excluding carboxylic acids is 1. The van der Waals surface area contributed by atoms with Gasteiger partial charge in [0.25, 0.3) is 5.91 Å². The highest BCUT2D eigenvalue weighted by atomic mass is 35.5. The number of carbonyl (C=O) groups is 1. The van der Waals surface area contributed by atoms with Gasteiger partial charge in [0.2, 0.25) is 0 Å². The first kappa shape index (κ1) is 14.0. The Morgan fingerprint density at radius 3 is 2.32 bits per heavy atom. The molecule has 0 radical (unpaired) electrons. The number of alkyl halides is 1. The molecule has 1 fully saturated rings. The smallest absolute Gasteiger partial charge is 0.261 e. The van der Waals surface area contributed by atoms with E-state index in [1.165, 1.54) is 18.2 Å². The van der Waals surface area contributed by atoms with Gasteiger partial charge in [0.15, 0.2) is 0 Å². The molecule has 1 aromatic carbocycles. The van der Waals surface area contributed by atoms with Gasteiger partial charge in [-0.15, -0.1) is 11.6 Å². The van der Waals surface area contributed by atoms with Gasteiger partial charge in [-0.1, -0.05) is 6.07 Å². The average Bonchev–Trinajstić information content (AvgIpc) is 2.38. The zero-order chi connectivity index (χ0) is 14.0. The van der Waals surface area contributed by atoms with E-state index in [0.29, 0.717) is 19.0 Å². The molecule has 19 heavy (non-hydrogen) atoms. The fraction of sp³-hybridized carbons (Fsp3) is 0.500. The van der Waals surface area contributed by atoms with Gasteiger partial charge in [-0.2, -0.15) is 0 Å². The Balaban J connectivity index is 2.10. The number of likely N-dealkylation sites (tertiary alicyclic amines) is 1. The number of phenolic OH excluding ortho intramolecular Hbond substituents is 2. The molecular weight excluding hydrogens is 266 g/mol. The number of nitrogens with zero attached hydrogens (tertiary/aromatic N) is 1. The predicted octanol–water partition coefficient (Wildman–Crippen LogP) is 2.58. The Labute approximate surface area is 117 Å². The van der Waals surface area contributed by atoms with Crippen molar-refractivity contribution in [3.63, 3.8) is 0 Å². The summed E-state index contributed by atoms with van der Waals surface area (Å²) in [6.45, 7) is 3.18. The second-order valence-corrected chi connectivity index (χ2v) is 5.67. The van der Waals surface area contributed by atoms with E-state index in [2.05, 4.69) is 0 Å². The molecule has 1 atom stereocenters. The molecule has 1 aliphatic heterocycles. The van der Waals surface area contributed by atoms with Crippen LogP contribution in [-0.2, 0) is 0 Å². The summed E-state index contributed by atoms with van der Waals surface area (Å²) in [4.78, 5) is 13.9. The van der Waals surface area contributed by atoms with E-state index in [9.17, 15) is 15.0 Å². The lowest BCUT2D eigenvalue weighted by Crippen LogP contribution is -2.40. The van der Waals surface area contributed by atoms with Crippen molar-refractivity contribution in [3.8, 4) is 11.5 Å². The van der Waals surface area contributed by atoms with Crippen LogP contribution in [0.1, 0.15) is 30.1 Å². The summed E-state index contributed by atoms with van der Waals surface area (Å²) in [6, 6.07) is 4.31. The summed E-state index contributed by atoms with van der Waals surface area (Å²) in [6.07, 6.45) is 1.70. The van der Waals surface area contributed by atoms with E-state index in [4.69, 9.17) is 11.6 Å². The standard InChI is InChI=1S/C14H18ClNO3/c1-9(15)10-5-7-16(8-6-10)14(19)13-11(17)3-2-4-12(13)18/h2-4,9-10,17-18H,5-8H2,1H3. The van der Waals surface area contributed by atoms with Crippen LogP contribution < -0.4 is 0 Å². The van der Waals surface area contributed by atoms with Crippen LogP contribution in [0.5, 0.6) is 11.5 Å². The van der Waals surface area contributed by atoms with Gasteiger partial charge in [0.05, 0.1) is 0 Å². The summed E-state index contributed by atoms with van der Waals surface area (Å²) >= 11 is 6.07. The molecule has 0 saturated carbocycles. The third-order valence-corrected chi connectivity index (χ3v) is 4.07. The molecule has 4 nitrogen and oxygen atoms in total. The van der Waals surface area contributed by atoms with Crippen molar-refractivity contribution in [2.45, 2.75) is 25.1 Å². The maximum absolute atomic E-state index is 12.3. The monoisotopic (exact) mass is 283 g/mol. The van der Waals surface area contributed by atoms with E-state index in [1.807, 2.05) is 6.92 Å². The second-order valence-electron chi connectivity index (χ2n) is 4.98. The summed E-state index contributed by atoms with van der Waals surface area (Å²) in [5.74, 6) is -0.268. The Hall–Kier alpha value is -1.42. The van der Waals surface area contributed by atoms with Crippen LogP contribution in [0.3, 0.4) is 0 Å². The van der Waals surface area contributed by atoms with Crippen LogP contribution in [0.2, 0.25) is 0 Å². The summed E-state index contributed by atoms with van der Waals surface area (Å²) < 4.78 is 0. The molecular formula is C14H18ClNO3. The number of halogens is 1. The summed E-state index contributed by atoms with van der Waals surface area (Å²) in [5, 5.41) is 19.5. The lowest BCUT2D eigenvalue weighted by atomic mass is 9.93. The first-order valence-corrected chi connectivity index (χ1v) is 6.88. The number of amides is 1. The fourth-order valence-electron chi connectivity index (χ4n) is 2.47. The largest absolute Gasteiger partial charge is 0.507 e. The van der Waals surface area contributed by atoms with Crippen molar-refractivity contribution < 1.29 is 15.0 Å². The van der Waals surface area contributed by atoms with Crippen molar-refractivity contribution in [2.24, 2.45) is 5.92 Å².